The Morgan fingerprint density at radius 3 is 2.67 bits per heavy atom. The highest BCUT2D eigenvalue weighted by molar-refractivity contribution is 6.34. The van der Waals surface area contributed by atoms with Crippen molar-refractivity contribution in [3.63, 3.8) is 0 Å². The van der Waals surface area contributed by atoms with Crippen LogP contribution >= 0.6 is 11.6 Å². The Morgan fingerprint density at radius 1 is 1.40 bits per heavy atom. The summed E-state index contributed by atoms with van der Waals surface area (Å²) < 4.78 is 26.6. The molecule has 1 heterocycles. The minimum absolute atomic E-state index is 0.0148. The van der Waals surface area contributed by atoms with Crippen LogP contribution in [-0.2, 0) is 0 Å². The molecule has 0 aliphatic carbocycles. The van der Waals surface area contributed by atoms with Gasteiger partial charge in [0.2, 0.25) is 0 Å². The van der Waals surface area contributed by atoms with Crippen molar-refractivity contribution in [2.45, 2.75) is 13.0 Å². The van der Waals surface area contributed by atoms with Crippen LogP contribution in [0, 0.1) is 11.6 Å². The number of hydrogen-bond acceptors (Lipinski definition) is 2. The predicted octanol–water partition coefficient (Wildman–Crippen LogP) is 2.36. The second-order valence-corrected chi connectivity index (χ2v) is 3.83. The number of benzene rings is 1. The van der Waals surface area contributed by atoms with E-state index in [0.717, 1.165) is 12.1 Å². The molecule has 2 nitrogen and oxygen atoms in total. The fraction of sp³-hybridized carbons (Fsp3) is 0.300. The van der Waals surface area contributed by atoms with Gasteiger partial charge in [-0.15, -0.1) is 0 Å². The molecular formula is C10H9ClF2N2. The molecule has 1 atom stereocenters. The Morgan fingerprint density at radius 2 is 2.07 bits per heavy atom. The lowest BCUT2D eigenvalue weighted by atomic mass is 10.2. The molecule has 1 N–H and O–H groups in total. The molecule has 0 bridgehead atoms. The van der Waals surface area contributed by atoms with E-state index in [9.17, 15) is 8.78 Å². The number of halogens is 3. The Labute approximate surface area is 91.0 Å². The molecule has 0 spiro atoms. The molecule has 0 saturated carbocycles. The van der Waals surface area contributed by atoms with Crippen LogP contribution in [0.1, 0.15) is 12.5 Å². The first-order valence-electron chi connectivity index (χ1n) is 4.54. The molecule has 80 valence electrons. The number of rotatable bonds is 1. The van der Waals surface area contributed by atoms with Crippen LogP contribution in [0.3, 0.4) is 0 Å². The van der Waals surface area contributed by atoms with Crippen molar-refractivity contribution in [1.82, 2.24) is 5.32 Å². The van der Waals surface area contributed by atoms with Gasteiger partial charge in [-0.05, 0) is 19.1 Å². The second-order valence-electron chi connectivity index (χ2n) is 3.45. The van der Waals surface area contributed by atoms with Crippen molar-refractivity contribution in [2.75, 3.05) is 6.54 Å². The van der Waals surface area contributed by atoms with E-state index < -0.39 is 11.6 Å². The van der Waals surface area contributed by atoms with Gasteiger partial charge in [-0.3, -0.25) is 4.99 Å². The van der Waals surface area contributed by atoms with Crippen molar-refractivity contribution in [2.24, 2.45) is 4.99 Å². The number of hydrogen-bond donors (Lipinski definition) is 1. The van der Waals surface area contributed by atoms with E-state index in [1.165, 1.54) is 0 Å². The molecule has 0 fully saturated rings. The quantitative estimate of drug-likeness (QED) is 0.736. The Bertz CT molecular complexity index is 432. The summed E-state index contributed by atoms with van der Waals surface area (Å²) >= 11 is 5.69. The molecule has 0 aromatic heterocycles. The Hall–Kier alpha value is -1.16. The highest BCUT2D eigenvalue weighted by Crippen LogP contribution is 2.24. The first-order chi connectivity index (χ1) is 7.09. The molecule has 0 saturated heterocycles. The number of nitrogens with one attached hydrogen (secondary N) is 1. The van der Waals surface area contributed by atoms with Crippen LogP contribution in [0.5, 0.6) is 0 Å². The van der Waals surface area contributed by atoms with Crippen molar-refractivity contribution >= 4 is 17.4 Å². The van der Waals surface area contributed by atoms with Gasteiger partial charge < -0.3 is 5.32 Å². The fourth-order valence-electron chi connectivity index (χ4n) is 1.45. The number of amidine groups is 1. The van der Waals surface area contributed by atoms with Crippen molar-refractivity contribution in [3.8, 4) is 0 Å². The zero-order valence-corrected chi connectivity index (χ0v) is 8.78. The lowest BCUT2D eigenvalue weighted by Gasteiger charge is -2.09. The van der Waals surface area contributed by atoms with Gasteiger partial charge >= 0.3 is 0 Å². The molecule has 1 aromatic carbocycles. The van der Waals surface area contributed by atoms with Gasteiger partial charge in [0.05, 0.1) is 17.1 Å². The monoisotopic (exact) mass is 230 g/mol. The second kappa shape index (κ2) is 3.77. The van der Waals surface area contributed by atoms with Crippen LogP contribution in [0.25, 0.3) is 0 Å². The highest BCUT2D eigenvalue weighted by atomic mass is 35.5. The SMILES string of the molecule is CC1CN=C(c2c(F)ccc(F)c2Cl)N1. The highest BCUT2D eigenvalue weighted by Gasteiger charge is 2.22. The minimum Gasteiger partial charge on any atom is -0.365 e. The zero-order chi connectivity index (χ0) is 11.0. The Balaban J connectivity index is 2.48. The number of nitrogens with zero attached hydrogens (tertiary/aromatic N) is 1. The summed E-state index contributed by atoms with van der Waals surface area (Å²) in [6.45, 7) is 2.45. The summed E-state index contributed by atoms with van der Waals surface area (Å²) in [6, 6.07) is 2.17. The topological polar surface area (TPSA) is 24.4 Å². The van der Waals surface area contributed by atoms with Gasteiger partial charge in [-0.25, -0.2) is 8.78 Å². The van der Waals surface area contributed by atoms with Crippen LogP contribution in [-0.4, -0.2) is 18.4 Å². The molecule has 15 heavy (non-hydrogen) atoms. The summed E-state index contributed by atoms with van der Waals surface area (Å²) in [7, 11) is 0. The predicted molar refractivity (Wildman–Crippen MR) is 55.4 cm³/mol. The van der Waals surface area contributed by atoms with Crippen LogP contribution in [0.2, 0.25) is 5.02 Å². The van der Waals surface area contributed by atoms with Crippen LogP contribution < -0.4 is 5.32 Å². The van der Waals surface area contributed by atoms with Gasteiger partial charge in [0.25, 0.3) is 0 Å². The average molecular weight is 231 g/mol. The van der Waals surface area contributed by atoms with Crippen LogP contribution in [0.15, 0.2) is 17.1 Å². The molecule has 1 aromatic rings. The molecule has 1 unspecified atom stereocenters. The normalized spacial score (nSPS) is 20.0. The third-order valence-corrected chi connectivity index (χ3v) is 2.56. The molecule has 0 amide bonds. The Kier molecular flexibility index (Phi) is 2.61. The van der Waals surface area contributed by atoms with Gasteiger partial charge in [0.15, 0.2) is 0 Å². The molecule has 1 aliphatic rings. The molecular weight excluding hydrogens is 222 g/mol. The molecule has 2 rings (SSSR count). The van der Waals surface area contributed by atoms with E-state index >= 15 is 0 Å². The maximum atomic E-state index is 13.4. The lowest BCUT2D eigenvalue weighted by molar-refractivity contribution is 0.597. The van der Waals surface area contributed by atoms with Crippen molar-refractivity contribution in [1.29, 1.82) is 0 Å². The van der Waals surface area contributed by atoms with Gasteiger partial charge in [0, 0.05) is 6.04 Å². The smallest absolute Gasteiger partial charge is 0.142 e. The fourth-order valence-corrected chi connectivity index (χ4v) is 1.69. The molecule has 5 heteroatoms. The van der Waals surface area contributed by atoms with Crippen molar-refractivity contribution < 1.29 is 8.78 Å². The summed E-state index contributed by atoms with van der Waals surface area (Å²) in [4.78, 5) is 4.06. The summed E-state index contributed by atoms with van der Waals surface area (Å²) in [5.74, 6) is -0.886. The standard InChI is InChI=1S/C10H9ClF2N2/c1-5-4-14-10(15-5)8-6(12)2-3-7(13)9(8)11/h2-3,5H,4H2,1H3,(H,14,15). The molecule has 0 radical (unpaired) electrons. The van der Waals surface area contributed by atoms with Crippen LogP contribution in [0.4, 0.5) is 8.78 Å². The maximum absolute atomic E-state index is 13.4. The molecule has 1 aliphatic heterocycles. The minimum atomic E-state index is -0.642. The van der Waals surface area contributed by atoms with Crippen molar-refractivity contribution in [3.05, 3.63) is 34.4 Å². The first-order valence-corrected chi connectivity index (χ1v) is 4.92. The van der Waals surface area contributed by atoms with E-state index in [1.807, 2.05) is 6.92 Å². The number of aliphatic imine (C=N–C) groups is 1. The van der Waals surface area contributed by atoms with Gasteiger partial charge in [-0.1, -0.05) is 11.6 Å². The third-order valence-electron chi connectivity index (χ3n) is 2.19. The maximum Gasteiger partial charge on any atom is 0.142 e. The van der Waals surface area contributed by atoms with E-state index in [4.69, 9.17) is 11.6 Å². The largest absolute Gasteiger partial charge is 0.365 e. The summed E-state index contributed by atoms with van der Waals surface area (Å²) in [6.07, 6.45) is 0. The van der Waals surface area contributed by atoms with E-state index in [0.29, 0.717) is 12.4 Å². The van der Waals surface area contributed by atoms with Gasteiger partial charge in [-0.2, -0.15) is 0 Å². The van der Waals surface area contributed by atoms with Gasteiger partial charge in [0.1, 0.15) is 17.5 Å². The average Bonchev–Trinajstić information content (AvgIpc) is 2.59. The third kappa shape index (κ3) is 1.81. The lowest BCUT2D eigenvalue weighted by Crippen LogP contribution is -2.28. The van der Waals surface area contributed by atoms with E-state index in [2.05, 4.69) is 10.3 Å². The first kappa shape index (κ1) is 10.4. The van der Waals surface area contributed by atoms with E-state index in [1.54, 1.807) is 0 Å². The van der Waals surface area contributed by atoms with E-state index in [-0.39, 0.29) is 16.6 Å². The zero-order valence-electron chi connectivity index (χ0n) is 8.02. The summed E-state index contributed by atoms with van der Waals surface area (Å²) in [5, 5.41) is 2.71. The summed E-state index contributed by atoms with van der Waals surface area (Å²) in [5.41, 5.74) is 0.0148.